The molecule has 0 saturated carbocycles. The molecule has 1 aromatic carbocycles. The minimum atomic E-state index is -0.529. The Balaban J connectivity index is 2.30. The number of carbonyl (C=O) groups is 1. The molecule has 0 aliphatic carbocycles. The molecule has 0 saturated heterocycles. The van der Waals surface area contributed by atoms with Crippen LogP contribution in [0.4, 0.5) is 0 Å². The largest absolute Gasteiger partial charge is 0.494 e. The highest BCUT2D eigenvalue weighted by atomic mass is 16.5. The second-order valence-electron chi connectivity index (χ2n) is 5.35. The van der Waals surface area contributed by atoms with Gasteiger partial charge in [-0.15, -0.1) is 0 Å². The molecule has 4 heteroatoms. The molecule has 1 rings (SSSR count). The molecule has 0 spiro atoms. The van der Waals surface area contributed by atoms with E-state index in [-0.39, 0.29) is 5.91 Å². The Kier molecular flexibility index (Phi) is 8.06. The molecule has 4 nitrogen and oxygen atoms in total. The van der Waals surface area contributed by atoms with Gasteiger partial charge in [0.05, 0.1) is 12.7 Å². The lowest BCUT2D eigenvalue weighted by Gasteiger charge is -2.21. The summed E-state index contributed by atoms with van der Waals surface area (Å²) in [7, 11) is 0. The quantitative estimate of drug-likeness (QED) is 0.655. The summed E-state index contributed by atoms with van der Waals surface area (Å²) in [6.07, 6.45) is 2.26. The number of aryl methyl sites for hydroxylation is 1. The van der Waals surface area contributed by atoms with Crippen molar-refractivity contribution in [3.8, 4) is 11.8 Å². The van der Waals surface area contributed by atoms with E-state index >= 15 is 0 Å². The highest BCUT2D eigenvalue weighted by molar-refractivity contribution is 5.81. The Hall–Kier alpha value is -2.02. The summed E-state index contributed by atoms with van der Waals surface area (Å²) in [6, 6.07) is 10.1. The molecular weight excluding hydrogens is 276 g/mol. The number of benzene rings is 1. The van der Waals surface area contributed by atoms with E-state index in [9.17, 15) is 10.1 Å². The van der Waals surface area contributed by atoms with Crippen LogP contribution < -0.4 is 4.74 Å². The average molecular weight is 302 g/mol. The first-order valence-corrected chi connectivity index (χ1v) is 8.00. The maximum atomic E-state index is 12.1. The number of hydrogen-bond acceptors (Lipinski definition) is 3. The summed E-state index contributed by atoms with van der Waals surface area (Å²) in [5, 5.41) is 9.17. The summed E-state index contributed by atoms with van der Waals surface area (Å²) in [4.78, 5) is 13.9. The van der Waals surface area contributed by atoms with Gasteiger partial charge in [0.25, 0.3) is 0 Å². The van der Waals surface area contributed by atoms with Crippen LogP contribution in [0.1, 0.15) is 38.7 Å². The van der Waals surface area contributed by atoms with Gasteiger partial charge in [-0.25, -0.2) is 0 Å². The Labute approximate surface area is 133 Å². The van der Waals surface area contributed by atoms with Gasteiger partial charge in [-0.3, -0.25) is 4.79 Å². The number of ether oxygens (including phenoxy) is 1. The molecule has 1 unspecified atom stereocenters. The van der Waals surface area contributed by atoms with Gasteiger partial charge in [-0.2, -0.15) is 5.26 Å². The lowest BCUT2D eigenvalue weighted by Crippen LogP contribution is -2.35. The van der Waals surface area contributed by atoms with Gasteiger partial charge in [-0.1, -0.05) is 12.1 Å². The third-order valence-corrected chi connectivity index (χ3v) is 3.67. The van der Waals surface area contributed by atoms with Crippen molar-refractivity contribution in [2.75, 3.05) is 19.7 Å². The second-order valence-corrected chi connectivity index (χ2v) is 5.35. The van der Waals surface area contributed by atoms with E-state index < -0.39 is 5.92 Å². The van der Waals surface area contributed by atoms with Gasteiger partial charge in [0.2, 0.25) is 5.91 Å². The van der Waals surface area contributed by atoms with Crippen molar-refractivity contribution < 1.29 is 9.53 Å². The highest BCUT2D eigenvalue weighted by Gasteiger charge is 2.21. The maximum Gasteiger partial charge on any atom is 0.239 e. The normalized spacial score (nSPS) is 11.5. The molecule has 1 aromatic rings. The van der Waals surface area contributed by atoms with Crippen LogP contribution in [-0.2, 0) is 4.79 Å². The van der Waals surface area contributed by atoms with Crippen molar-refractivity contribution >= 4 is 5.91 Å². The number of unbranched alkanes of at least 4 members (excludes halogenated alkanes) is 1. The fraction of sp³-hybridized carbons (Fsp3) is 0.556. The first kappa shape index (κ1) is 18.0. The van der Waals surface area contributed by atoms with Crippen molar-refractivity contribution in [1.29, 1.82) is 5.26 Å². The van der Waals surface area contributed by atoms with Gasteiger partial charge in [0.15, 0.2) is 0 Å². The zero-order valence-electron chi connectivity index (χ0n) is 13.8. The van der Waals surface area contributed by atoms with Gasteiger partial charge >= 0.3 is 0 Å². The number of carbonyl (C=O) groups excluding carboxylic acids is 1. The summed E-state index contributed by atoms with van der Waals surface area (Å²) < 4.78 is 5.67. The van der Waals surface area contributed by atoms with Gasteiger partial charge < -0.3 is 9.64 Å². The minimum Gasteiger partial charge on any atom is -0.494 e. The van der Waals surface area contributed by atoms with Crippen LogP contribution in [0.25, 0.3) is 0 Å². The monoisotopic (exact) mass is 302 g/mol. The maximum absolute atomic E-state index is 12.1. The molecule has 0 fully saturated rings. The summed E-state index contributed by atoms with van der Waals surface area (Å²) in [5.74, 6) is 0.294. The third kappa shape index (κ3) is 5.77. The van der Waals surface area contributed by atoms with E-state index in [1.54, 1.807) is 4.90 Å². The van der Waals surface area contributed by atoms with E-state index in [4.69, 9.17) is 4.74 Å². The summed E-state index contributed by atoms with van der Waals surface area (Å²) in [5.41, 5.74) is 1.17. The van der Waals surface area contributed by atoms with Crippen molar-refractivity contribution in [3.63, 3.8) is 0 Å². The van der Waals surface area contributed by atoms with Crippen LogP contribution in [0.15, 0.2) is 24.3 Å². The molecule has 0 N–H and O–H groups in total. The Bertz CT molecular complexity index is 504. The van der Waals surface area contributed by atoms with Gasteiger partial charge in [-0.05, 0) is 57.7 Å². The van der Waals surface area contributed by atoms with Crippen LogP contribution in [0.5, 0.6) is 5.75 Å². The molecule has 0 radical (unpaired) electrons. The molecule has 0 aromatic heterocycles. The number of hydrogen-bond donors (Lipinski definition) is 0. The fourth-order valence-corrected chi connectivity index (χ4v) is 2.34. The third-order valence-electron chi connectivity index (χ3n) is 3.67. The van der Waals surface area contributed by atoms with Crippen LogP contribution in [-0.4, -0.2) is 30.5 Å². The van der Waals surface area contributed by atoms with E-state index in [0.717, 1.165) is 18.6 Å². The van der Waals surface area contributed by atoms with Crippen molar-refractivity contribution in [2.45, 2.75) is 40.0 Å². The topological polar surface area (TPSA) is 53.3 Å². The number of nitrogens with zero attached hydrogens (tertiary/aromatic N) is 2. The summed E-state index contributed by atoms with van der Waals surface area (Å²) >= 11 is 0. The number of rotatable bonds is 9. The molecule has 0 aliphatic heterocycles. The molecule has 1 atom stereocenters. The molecular formula is C18H26N2O2. The van der Waals surface area contributed by atoms with Crippen LogP contribution in [0, 0.1) is 24.2 Å². The van der Waals surface area contributed by atoms with E-state index in [0.29, 0.717) is 26.1 Å². The standard InChI is InChI=1S/C18H26N2O2/c1-4-20(5-2)18(21)16(14-19)10-6-7-12-22-17-11-8-9-15(3)13-17/h8-9,11,13,16H,4-7,10,12H2,1-3H3. The average Bonchev–Trinajstić information content (AvgIpc) is 2.52. The lowest BCUT2D eigenvalue weighted by molar-refractivity contribution is -0.133. The molecule has 1 amide bonds. The first-order valence-electron chi connectivity index (χ1n) is 8.00. The number of amides is 1. The lowest BCUT2D eigenvalue weighted by atomic mass is 10.0. The van der Waals surface area contributed by atoms with E-state index in [1.807, 2.05) is 45.0 Å². The Morgan fingerprint density at radius 3 is 2.64 bits per heavy atom. The zero-order chi connectivity index (χ0) is 16.4. The molecule has 0 heterocycles. The Morgan fingerprint density at radius 2 is 2.05 bits per heavy atom. The zero-order valence-corrected chi connectivity index (χ0v) is 13.8. The fourth-order valence-electron chi connectivity index (χ4n) is 2.34. The van der Waals surface area contributed by atoms with Crippen LogP contribution >= 0.6 is 0 Å². The van der Waals surface area contributed by atoms with E-state index in [1.165, 1.54) is 5.56 Å². The highest BCUT2D eigenvalue weighted by Crippen LogP contribution is 2.15. The molecule has 120 valence electrons. The SMILES string of the molecule is CCN(CC)C(=O)C(C#N)CCCCOc1cccc(C)c1. The predicted octanol–water partition coefficient (Wildman–Crippen LogP) is 3.55. The van der Waals surface area contributed by atoms with E-state index in [2.05, 4.69) is 6.07 Å². The van der Waals surface area contributed by atoms with Gasteiger partial charge in [0, 0.05) is 13.1 Å². The number of nitriles is 1. The first-order chi connectivity index (χ1) is 10.6. The second kappa shape index (κ2) is 9.83. The van der Waals surface area contributed by atoms with Crippen LogP contribution in [0.3, 0.4) is 0 Å². The van der Waals surface area contributed by atoms with Crippen molar-refractivity contribution in [2.24, 2.45) is 5.92 Å². The smallest absolute Gasteiger partial charge is 0.239 e. The molecule has 22 heavy (non-hydrogen) atoms. The van der Waals surface area contributed by atoms with Crippen molar-refractivity contribution in [1.82, 2.24) is 4.90 Å². The van der Waals surface area contributed by atoms with Crippen LogP contribution in [0.2, 0.25) is 0 Å². The van der Waals surface area contributed by atoms with Gasteiger partial charge in [0.1, 0.15) is 11.7 Å². The predicted molar refractivity (Wildman–Crippen MR) is 87.6 cm³/mol. The Morgan fingerprint density at radius 1 is 1.32 bits per heavy atom. The summed E-state index contributed by atoms with van der Waals surface area (Å²) in [6.45, 7) is 7.83. The minimum absolute atomic E-state index is 0.0490. The molecule has 0 bridgehead atoms. The molecule has 0 aliphatic rings. The van der Waals surface area contributed by atoms with Crippen molar-refractivity contribution in [3.05, 3.63) is 29.8 Å².